The number of anilines is 1. The summed E-state index contributed by atoms with van der Waals surface area (Å²) in [5.74, 6) is -0.649. The number of carbonyl (C=O) groups is 2. The van der Waals surface area contributed by atoms with Gasteiger partial charge < -0.3 is 15.0 Å². The summed E-state index contributed by atoms with van der Waals surface area (Å²) in [5.41, 5.74) is 0.934. The van der Waals surface area contributed by atoms with Crippen molar-refractivity contribution in [1.29, 1.82) is 0 Å². The van der Waals surface area contributed by atoms with Crippen LogP contribution >= 0.6 is 0 Å². The fourth-order valence-corrected chi connectivity index (χ4v) is 5.29. The molecular formula is C26H34FN3O5S. The topological polar surface area (TPSA) is 96.0 Å². The molecule has 1 aliphatic carbocycles. The average Bonchev–Trinajstić information content (AvgIpc) is 3.35. The Balaban J connectivity index is 1.90. The number of amides is 2. The van der Waals surface area contributed by atoms with Crippen LogP contribution in [0.15, 0.2) is 48.5 Å². The first kappa shape index (κ1) is 27.4. The molecule has 196 valence electrons. The Kier molecular flexibility index (Phi) is 9.31. The van der Waals surface area contributed by atoms with E-state index in [4.69, 9.17) is 4.74 Å². The third-order valence-corrected chi connectivity index (χ3v) is 7.53. The average molecular weight is 520 g/mol. The van der Waals surface area contributed by atoms with Crippen molar-refractivity contribution >= 4 is 27.5 Å². The van der Waals surface area contributed by atoms with Gasteiger partial charge in [-0.05, 0) is 61.2 Å². The van der Waals surface area contributed by atoms with Crippen molar-refractivity contribution in [2.45, 2.75) is 57.7 Å². The third kappa shape index (κ3) is 7.19. The Labute approximate surface area is 212 Å². The Hall–Kier alpha value is -3.14. The van der Waals surface area contributed by atoms with Crippen LogP contribution in [0.2, 0.25) is 0 Å². The van der Waals surface area contributed by atoms with Gasteiger partial charge in [0.1, 0.15) is 24.2 Å². The number of hydrogen-bond acceptors (Lipinski definition) is 5. The van der Waals surface area contributed by atoms with Crippen LogP contribution in [0, 0.1) is 5.82 Å². The Bertz CT molecular complexity index is 1130. The molecule has 2 aromatic rings. The molecule has 1 fully saturated rings. The van der Waals surface area contributed by atoms with E-state index in [2.05, 4.69) is 5.32 Å². The maximum absolute atomic E-state index is 13.7. The quantitative estimate of drug-likeness (QED) is 0.491. The molecule has 10 heteroatoms. The van der Waals surface area contributed by atoms with Crippen molar-refractivity contribution in [3.8, 4) is 5.75 Å². The van der Waals surface area contributed by atoms with Gasteiger partial charge in [-0.25, -0.2) is 12.8 Å². The number of hydrogen-bond donors (Lipinski definition) is 1. The van der Waals surface area contributed by atoms with E-state index >= 15 is 0 Å². The van der Waals surface area contributed by atoms with E-state index in [0.717, 1.165) is 53.9 Å². The van der Waals surface area contributed by atoms with Crippen LogP contribution in [0.1, 0.15) is 44.6 Å². The van der Waals surface area contributed by atoms with Gasteiger partial charge in [0.15, 0.2) is 0 Å². The SMILES string of the molecule is CCC(C(=O)NC1CCCC1)N(Cc1ccc(OC)cc1)C(=O)CN(c1ccc(F)cc1)S(C)(=O)=O. The third-order valence-electron chi connectivity index (χ3n) is 6.39. The number of halogens is 1. The van der Waals surface area contributed by atoms with Crippen LogP contribution < -0.4 is 14.4 Å². The summed E-state index contributed by atoms with van der Waals surface area (Å²) in [6.45, 7) is 1.41. The van der Waals surface area contributed by atoms with Gasteiger partial charge in [-0.2, -0.15) is 0 Å². The normalized spacial score (nSPS) is 14.8. The molecular weight excluding hydrogens is 485 g/mol. The van der Waals surface area contributed by atoms with Crippen molar-refractivity contribution in [2.24, 2.45) is 0 Å². The van der Waals surface area contributed by atoms with E-state index in [-0.39, 0.29) is 24.2 Å². The molecule has 2 amide bonds. The highest BCUT2D eigenvalue weighted by molar-refractivity contribution is 7.92. The summed E-state index contributed by atoms with van der Waals surface area (Å²) in [6.07, 6.45) is 5.26. The Morgan fingerprint density at radius 2 is 1.69 bits per heavy atom. The van der Waals surface area contributed by atoms with E-state index in [1.165, 1.54) is 17.0 Å². The monoisotopic (exact) mass is 519 g/mol. The van der Waals surface area contributed by atoms with Crippen LogP contribution in [-0.4, -0.2) is 57.1 Å². The minimum absolute atomic E-state index is 0.0798. The summed E-state index contributed by atoms with van der Waals surface area (Å²) in [7, 11) is -2.31. The van der Waals surface area contributed by atoms with E-state index in [1.807, 2.05) is 6.92 Å². The van der Waals surface area contributed by atoms with Crippen molar-refractivity contribution < 1.29 is 27.1 Å². The smallest absolute Gasteiger partial charge is 0.244 e. The summed E-state index contributed by atoms with van der Waals surface area (Å²) >= 11 is 0. The molecule has 0 bridgehead atoms. The van der Waals surface area contributed by atoms with Gasteiger partial charge in [0, 0.05) is 12.6 Å². The van der Waals surface area contributed by atoms with Crippen LogP contribution in [0.4, 0.5) is 10.1 Å². The molecule has 36 heavy (non-hydrogen) atoms. The van der Waals surface area contributed by atoms with Crippen molar-refractivity contribution in [2.75, 3.05) is 24.2 Å². The van der Waals surface area contributed by atoms with Gasteiger partial charge >= 0.3 is 0 Å². The van der Waals surface area contributed by atoms with E-state index < -0.39 is 34.3 Å². The minimum Gasteiger partial charge on any atom is -0.497 e. The van der Waals surface area contributed by atoms with Crippen molar-refractivity contribution in [1.82, 2.24) is 10.2 Å². The van der Waals surface area contributed by atoms with Crippen LogP contribution in [-0.2, 0) is 26.2 Å². The molecule has 1 aliphatic rings. The molecule has 3 rings (SSSR count). The highest BCUT2D eigenvalue weighted by atomic mass is 32.2. The first-order chi connectivity index (χ1) is 17.1. The number of methoxy groups -OCH3 is 1. The zero-order valence-electron chi connectivity index (χ0n) is 20.9. The van der Waals surface area contributed by atoms with Crippen LogP contribution in [0.25, 0.3) is 0 Å². The Morgan fingerprint density at radius 3 is 2.22 bits per heavy atom. The standard InChI is InChI=1S/C26H34FN3O5S/c1-4-24(26(32)28-21-7-5-6-8-21)29(17-19-9-15-23(35-2)16-10-19)25(31)18-30(36(3,33)34)22-13-11-20(27)12-14-22/h9-16,21,24H,4-8,17-18H2,1-3H3,(H,28,32). The van der Waals surface area contributed by atoms with Crippen molar-refractivity contribution in [3.63, 3.8) is 0 Å². The second-order valence-electron chi connectivity index (χ2n) is 9.03. The lowest BCUT2D eigenvalue weighted by Crippen LogP contribution is -2.53. The van der Waals surface area contributed by atoms with Gasteiger partial charge in [-0.15, -0.1) is 0 Å². The fraction of sp³-hybridized carbons (Fsp3) is 0.462. The maximum atomic E-state index is 13.7. The van der Waals surface area contributed by atoms with Gasteiger partial charge in [0.25, 0.3) is 0 Å². The fourth-order valence-electron chi connectivity index (χ4n) is 4.44. The number of rotatable bonds is 11. The van der Waals surface area contributed by atoms with Gasteiger partial charge in [0.05, 0.1) is 19.1 Å². The molecule has 1 saturated carbocycles. The lowest BCUT2D eigenvalue weighted by atomic mass is 10.1. The molecule has 0 aliphatic heterocycles. The molecule has 1 unspecified atom stereocenters. The predicted molar refractivity (Wildman–Crippen MR) is 137 cm³/mol. The lowest BCUT2D eigenvalue weighted by Gasteiger charge is -2.33. The largest absolute Gasteiger partial charge is 0.497 e. The second kappa shape index (κ2) is 12.2. The van der Waals surface area contributed by atoms with Crippen LogP contribution in [0.3, 0.4) is 0 Å². The molecule has 2 aromatic carbocycles. The first-order valence-corrected chi connectivity index (χ1v) is 13.9. The maximum Gasteiger partial charge on any atom is 0.244 e. The van der Waals surface area contributed by atoms with Gasteiger partial charge in [0.2, 0.25) is 21.8 Å². The van der Waals surface area contributed by atoms with Gasteiger partial charge in [-0.1, -0.05) is 31.9 Å². The van der Waals surface area contributed by atoms with E-state index in [0.29, 0.717) is 12.2 Å². The molecule has 8 nitrogen and oxygen atoms in total. The summed E-state index contributed by atoms with van der Waals surface area (Å²) in [5, 5.41) is 3.06. The number of carbonyl (C=O) groups excluding carboxylic acids is 2. The zero-order chi connectivity index (χ0) is 26.3. The van der Waals surface area contributed by atoms with Crippen LogP contribution in [0.5, 0.6) is 5.75 Å². The number of benzene rings is 2. The number of nitrogens with one attached hydrogen (secondary N) is 1. The summed E-state index contributed by atoms with van der Waals surface area (Å²) in [6, 6.07) is 11.3. The minimum atomic E-state index is -3.87. The first-order valence-electron chi connectivity index (χ1n) is 12.1. The van der Waals surface area contributed by atoms with E-state index in [1.54, 1.807) is 31.4 Å². The highest BCUT2D eigenvalue weighted by Crippen LogP contribution is 2.22. The van der Waals surface area contributed by atoms with E-state index in [9.17, 15) is 22.4 Å². The molecule has 0 saturated heterocycles. The summed E-state index contributed by atoms with van der Waals surface area (Å²) < 4.78 is 44.7. The predicted octanol–water partition coefficient (Wildman–Crippen LogP) is 3.47. The number of nitrogens with zero attached hydrogens (tertiary/aromatic N) is 2. The zero-order valence-corrected chi connectivity index (χ0v) is 21.8. The highest BCUT2D eigenvalue weighted by Gasteiger charge is 2.33. The molecule has 0 aromatic heterocycles. The van der Waals surface area contributed by atoms with Crippen molar-refractivity contribution in [3.05, 3.63) is 59.9 Å². The molecule has 1 atom stereocenters. The number of ether oxygens (including phenoxy) is 1. The van der Waals surface area contributed by atoms with Gasteiger partial charge in [-0.3, -0.25) is 13.9 Å². The summed E-state index contributed by atoms with van der Waals surface area (Å²) in [4.78, 5) is 28.3. The second-order valence-corrected chi connectivity index (χ2v) is 10.9. The lowest BCUT2D eigenvalue weighted by molar-refractivity contribution is -0.140. The number of sulfonamides is 1. The molecule has 0 radical (unpaired) electrons. The molecule has 0 heterocycles. The molecule has 0 spiro atoms. The molecule has 1 N–H and O–H groups in total. The Morgan fingerprint density at radius 1 is 1.08 bits per heavy atom.